The van der Waals surface area contributed by atoms with Crippen LogP contribution in [0.25, 0.3) is 5.65 Å². The number of aromatic nitrogens is 7. The third kappa shape index (κ3) is 3.49. The van der Waals surface area contributed by atoms with Crippen LogP contribution in [0.2, 0.25) is 0 Å². The lowest BCUT2D eigenvalue weighted by molar-refractivity contribution is -0.120. The molecule has 0 radical (unpaired) electrons. The number of rotatable bonds is 6. The number of nitrogens with zero attached hydrogens (tertiary/aromatic N) is 6. The number of hydrogen-bond acceptors (Lipinski definition) is 7. The smallest absolute Gasteiger partial charge is 0.251 e. The number of carbonyl (C=O) groups is 1. The minimum absolute atomic E-state index is 0.124. The molecule has 5 heterocycles. The van der Waals surface area contributed by atoms with Crippen LogP contribution in [0, 0.1) is 6.92 Å². The van der Waals surface area contributed by atoms with Crippen LogP contribution >= 0.6 is 0 Å². The minimum Gasteiger partial charge on any atom is -0.326 e. The fraction of sp³-hybridized carbons (Fsp3) is 0.409. The van der Waals surface area contributed by atoms with E-state index in [0.29, 0.717) is 42.4 Å². The lowest BCUT2D eigenvalue weighted by atomic mass is 9.98. The van der Waals surface area contributed by atoms with Gasteiger partial charge in [0, 0.05) is 42.2 Å². The van der Waals surface area contributed by atoms with E-state index in [1.165, 1.54) is 12.8 Å². The van der Waals surface area contributed by atoms with Gasteiger partial charge < -0.3 is 15.5 Å². The molecule has 4 aromatic rings. The first kappa shape index (κ1) is 19.8. The molecule has 0 spiro atoms. The Hall–Kier alpha value is -3.89. The lowest BCUT2D eigenvalue weighted by Gasteiger charge is -2.33. The summed E-state index contributed by atoms with van der Waals surface area (Å²) < 4.78 is 1.88. The van der Waals surface area contributed by atoms with Gasteiger partial charge in [0.05, 0.1) is 0 Å². The first-order valence-electron chi connectivity index (χ1n) is 11.3. The van der Waals surface area contributed by atoms with Gasteiger partial charge in [0.1, 0.15) is 11.2 Å². The van der Waals surface area contributed by atoms with Crippen LogP contribution in [0.3, 0.4) is 0 Å². The summed E-state index contributed by atoms with van der Waals surface area (Å²) in [4.78, 5) is 24.9. The molecule has 2 fully saturated rings. The van der Waals surface area contributed by atoms with E-state index in [1.807, 2.05) is 53.6 Å². The highest BCUT2D eigenvalue weighted by Gasteiger charge is 2.45. The highest BCUT2D eigenvalue weighted by atomic mass is 16.2. The number of amides is 1. The molecule has 33 heavy (non-hydrogen) atoms. The summed E-state index contributed by atoms with van der Waals surface area (Å²) in [6.07, 6.45) is 5.88. The molecule has 1 saturated heterocycles. The molecule has 11 heteroatoms. The Kier molecular flexibility index (Phi) is 4.39. The van der Waals surface area contributed by atoms with Crippen LogP contribution in [0.1, 0.15) is 49.9 Å². The Morgan fingerprint density at radius 3 is 2.82 bits per heavy atom. The Morgan fingerprint density at radius 1 is 1.18 bits per heavy atom. The first-order valence-corrected chi connectivity index (χ1v) is 11.3. The van der Waals surface area contributed by atoms with Crippen molar-refractivity contribution in [1.29, 1.82) is 0 Å². The largest absolute Gasteiger partial charge is 0.326 e. The van der Waals surface area contributed by atoms with Crippen molar-refractivity contribution >= 4 is 35.1 Å². The standard InChI is InChI=1S/C22H26N10O/c1-13-11-16(29-27-13)23-19(33)22(2)8-4-10-32(22)21-25-18-5-3-9-31(18)20(26-21)24-17-12-15(28-30-17)14-6-7-14/h3,5,9,11-12,14H,4,6-8,10H2,1-2H3,(H2,23,27,29,33)(H2,24,25,26,28,30)/t22-/m0/s1. The van der Waals surface area contributed by atoms with E-state index in [2.05, 4.69) is 31.0 Å². The molecule has 4 N–H and O–H groups in total. The van der Waals surface area contributed by atoms with E-state index in [9.17, 15) is 4.79 Å². The zero-order valence-corrected chi connectivity index (χ0v) is 18.6. The summed E-state index contributed by atoms with van der Waals surface area (Å²) in [5.74, 6) is 2.80. The van der Waals surface area contributed by atoms with Gasteiger partial charge >= 0.3 is 0 Å². The van der Waals surface area contributed by atoms with Gasteiger partial charge in [0.25, 0.3) is 5.91 Å². The Labute approximate surface area is 190 Å². The highest BCUT2D eigenvalue weighted by molar-refractivity contribution is 5.99. The number of hydrogen-bond donors (Lipinski definition) is 4. The zero-order chi connectivity index (χ0) is 22.6. The van der Waals surface area contributed by atoms with Crippen molar-refractivity contribution in [2.75, 3.05) is 22.1 Å². The summed E-state index contributed by atoms with van der Waals surface area (Å²) in [7, 11) is 0. The molecule has 6 rings (SSSR count). The third-order valence-corrected chi connectivity index (χ3v) is 6.55. The van der Waals surface area contributed by atoms with Gasteiger partial charge in [0.15, 0.2) is 11.6 Å². The molecule has 1 saturated carbocycles. The average Bonchev–Trinajstić information content (AvgIpc) is 3.17. The summed E-state index contributed by atoms with van der Waals surface area (Å²) in [6.45, 7) is 4.52. The first-order chi connectivity index (χ1) is 16.0. The monoisotopic (exact) mass is 446 g/mol. The van der Waals surface area contributed by atoms with Gasteiger partial charge in [-0.15, -0.1) is 0 Å². The van der Waals surface area contributed by atoms with E-state index < -0.39 is 5.54 Å². The van der Waals surface area contributed by atoms with E-state index in [4.69, 9.17) is 9.97 Å². The molecule has 1 aliphatic carbocycles. The number of H-pyrrole nitrogens is 2. The maximum atomic E-state index is 13.3. The predicted molar refractivity (Wildman–Crippen MR) is 124 cm³/mol. The highest BCUT2D eigenvalue weighted by Crippen LogP contribution is 2.40. The van der Waals surface area contributed by atoms with Gasteiger partial charge in [-0.1, -0.05) is 0 Å². The van der Waals surface area contributed by atoms with Crippen LogP contribution in [0.5, 0.6) is 0 Å². The van der Waals surface area contributed by atoms with Crippen LogP contribution in [0.15, 0.2) is 30.5 Å². The van der Waals surface area contributed by atoms with Crippen molar-refractivity contribution in [2.24, 2.45) is 0 Å². The summed E-state index contributed by atoms with van der Waals surface area (Å²) >= 11 is 0. The SMILES string of the molecule is Cc1cc(NC(=O)[C@]2(C)CCCN2c2nc(Nc3cc(C4CC4)[nH]n3)n3cccc3n2)n[nH]1. The van der Waals surface area contributed by atoms with Gasteiger partial charge in [0.2, 0.25) is 11.9 Å². The van der Waals surface area contributed by atoms with E-state index in [-0.39, 0.29) is 5.91 Å². The normalized spacial score (nSPS) is 20.5. The minimum atomic E-state index is -0.791. The number of nitrogens with one attached hydrogen (secondary N) is 4. The maximum Gasteiger partial charge on any atom is 0.251 e. The molecular formula is C22H26N10O. The van der Waals surface area contributed by atoms with Crippen LogP contribution in [-0.2, 0) is 4.79 Å². The Morgan fingerprint density at radius 2 is 2.03 bits per heavy atom. The molecule has 0 unspecified atom stereocenters. The fourth-order valence-corrected chi connectivity index (χ4v) is 4.50. The lowest BCUT2D eigenvalue weighted by Crippen LogP contribution is -2.51. The second-order valence-electron chi connectivity index (χ2n) is 9.11. The van der Waals surface area contributed by atoms with Crippen molar-refractivity contribution in [1.82, 2.24) is 34.8 Å². The molecule has 0 bridgehead atoms. The molecule has 1 aliphatic heterocycles. The van der Waals surface area contributed by atoms with Crippen molar-refractivity contribution in [3.63, 3.8) is 0 Å². The Bertz CT molecular complexity index is 1330. The second kappa shape index (κ2) is 7.32. The number of aryl methyl sites for hydroxylation is 1. The average molecular weight is 447 g/mol. The molecule has 11 nitrogen and oxygen atoms in total. The molecule has 2 aliphatic rings. The van der Waals surface area contributed by atoms with E-state index in [0.717, 1.165) is 23.5 Å². The van der Waals surface area contributed by atoms with Gasteiger partial charge in [-0.3, -0.25) is 19.4 Å². The van der Waals surface area contributed by atoms with Gasteiger partial charge in [-0.05, 0) is 51.7 Å². The molecule has 1 amide bonds. The van der Waals surface area contributed by atoms with E-state index >= 15 is 0 Å². The van der Waals surface area contributed by atoms with E-state index in [1.54, 1.807) is 0 Å². The quantitative estimate of drug-likeness (QED) is 0.358. The number of aromatic amines is 2. The zero-order valence-electron chi connectivity index (χ0n) is 18.6. The van der Waals surface area contributed by atoms with Crippen LogP contribution in [-0.4, -0.2) is 52.8 Å². The maximum absolute atomic E-state index is 13.3. The second-order valence-corrected chi connectivity index (χ2v) is 9.11. The van der Waals surface area contributed by atoms with Crippen molar-refractivity contribution < 1.29 is 4.79 Å². The summed E-state index contributed by atoms with van der Waals surface area (Å²) in [5, 5.41) is 20.8. The number of carbonyl (C=O) groups excluding carboxylic acids is 1. The summed E-state index contributed by atoms with van der Waals surface area (Å²) in [5.41, 5.74) is 1.99. The topological polar surface area (TPSA) is 132 Å². The van der Waals surface area contributed by atoms with Crippen LogP contribution in [0.4, 0.5) is 23.5 Å². The molecule has 4 aromatic heterocycles. The van der Waals surface area contributed by atoms with Crippen molar-refractivity contribution in [2.45, 2.75) is 51.0 Å². The fourth-order valence-electron chi connectivity index (χ4n) is 4.50. The predicted octanol–water partition coefficient (Wildman–Crippen LogP) is 3.10. The van der Waals surface area contributed by atoms with Gasteiger partial charge in [-0.25, -0.2) is 0 Å². The number of fused-ring (bicyclic) bond motifs is 1. The molecular weight excluding hydrogens is 420 g/mol. The Balaban J connectivity index is 1.32. The molecule has 170 valence electrons. The van der Waals surface area contributed by atoms with Crippen molar-refractivity contribution in [3.05, 3.63) is 41.9 Å². The van der Waals surface area contributed by atoms with Crippen LogP contribution < -0.4 is 15.5 Å². The number of anilines is 4. The van der Waals surface area contributed by atoms with Crippen molar-refractivity contribution in [3.8, 4) is 0 Å². The molecule has 0 aromatic carbocycles. The summed E-state index contributed by atoms with van der Waals surface area (Å²) in [6, 6.07) is 7.70. The van der Waals surface area contributed by atoms with Gasteiger partial charge in [-0.2, -0.15) is 20.2 Å². The third-order valence-electron chi connectivity index (χ3n) is 6.55. The molecule has 1 atom stereocenters.